The molecule has 0 saturated carbocycles. The average Bonchev–Trinajstić information content (AvgIpc) is 2.38. The SMILES string of the molecule is COCCN(C)S(=O)(=O)c1cc(C(=O)O)cc(Br)c1C. The molecule has 0 spiro atoms. The summed E-state index contributed by atoms with van der Waals surface area (Å²) >= 11 is 3.19. The van der Waals surface area contributed by atoms with Gasteiger partial charge in [-0.3, -0.25) is 0 Å². The van der Waals surface area contributed by atoms with Crippen LogP contribution in [0.4, 0.5) is 0 Å². The molecule has 0 aliphatic rings. The third kappa shape index (κ3) is 3.57. The van der Waals surface area contributed by atoms with Crippen LogP contribution in [0.2, 0.25) is 0 Å². The molecule has 0 amide bonds. The zero-order valence-electron chi connectivity index (χ0n) is 11.4. The molecule has 0 aliphatic heterocycles. The monoisotopic (exact) mass is 365 g/mol. The number of halogens is 1. The summed E-state index contributed by atoms with van der Waals surface area (Å²) in [4.78, 5) is 11.0. The van der Waals surface area contributed by atoms with Crippen LogP contribution >= 0.6 is 15.9 Å². The number of benzene rings is 1. The summed E-state index contributed by atoms with van der Waals surface area (Å²) in [5.74, 6) is -1.18. The van der Waals surface area contributed by atoms with Crippen LogP contribution in [0.1, 0.15) is 15.9 Å². The second-order valence-electron chi connectivity index (χ2n) is 4.21. The summed E-state index contributed by atoms with van der Waals surface area (Å²) in [5, 5.41) is 9.02. The van der Waals surface area contributed by atoms with E-state index in [0.29, 0.717) is 10.0 Å². The lowest BCUT2D eigenvalue weighted by molar-refractivity contribution is 0.0696. The minimum Gasteiger partial charge on any atom is -0.478 e. The maximum atomic E-state index is 12.4. The Hall–Kier alpha value is -0.960. The first-order chi connectivity index (χ1) is 9.21. The van der Waals surface area contributed by atoms with Crippen molar-refractivity contribution in [3.8, 4) is 0 Å². The average molecular weight is 366 g/mol. The fourth-order valence-corrected chi connectivity index (χ4v) is 3.57. The van der Waals surface area contributed by atoms with E-state index >= 15 is 0 Å². The Labute approximate surface area is 126 Å². The summed E-state index contributed by atoms with van der Waals surface area (Å²) in [6, 6.07) is 2.55. The molecule has 0 unspecified atom stereocenters. The Morgan fingerprint density at radius 3 is 2.55 bits per heavy atom. The molecule has 0 saturated heterocycles. The third-order valence-corrected chi connectivity index (χ3v) is 5.65. The zero-order chi connectivity index (χ0) is 15.5. The predicted octanol–water partition coefficient (Wildman–Crippen LogP) is 1.72. The van der Waals surface area contributed by atoms with Crippen molar-refractivity contribution in [2.75, 3.05) is 27.3 Å². The molecule has 0 bridgehead atoms. The molecule has 0 aromatic heterocycles. The van der Waals surface area contributed by atoms with Crippen molar-refractivity contribution in [1.82, 2.24) is 4.31 Å². The van der Waals surface area contributed by atoms with E-state index in [1.54, 1.807) is 6.92 Å². The van der Waals surface area contributed by atoms with Crippen LogP contribution in [0.15, 0.2) is 21.5 Å². The van der Waals surface area contributed by atoms with E-state index in [1.807, 2.05) is 0 Å². The molecule has 6 nitrogen and oxygen atoms in total. The highest BCUT2D eigenvalue weighted by Gasteiger charge is 2.25. The summed E-state index contributed by atoms with van der Waals surface area (Å²) < 4.78 is 31.3. The van der Waals surface area contributed by atoms with E-state index in [-0.39, 0.29) is 23.6 Å². The molecule has 0 atom stereocenters. The standard InChI is InChI=1S/C12H16BrNO5S/c1-8-10(13)6-9(12(15)16)7-11(8)20(17,18)14(2)4-5-19-3/h6-7H,4-5H2,1-3H3,(H,15,16). The number of sulfonamides is 1. The Morgan fingerprint density at radius 2 is 2.05 bits per heavy atom. The summed E-state index contributed by atoms with van der Waals surface area (Å²) in [6.45, 7) is 2.06. The zero-order valence-corrected chi connectivity index (χ0v) is 13.8. The van der Waals surface area contributed by atoms with Crippen molar-refractivity contribution in [3.05, 3.63) is 27.7 Å². The molecular weight excluding hydrogens is 350 g/mol. The van der Waals surface area contributed by atoms with Crippen LogP contribution in [0.3, 0.4) is 0 Å². The smallest absolute Gasteiger partial charge is 0.335 e. The Balaban J connectivity index is 3.34. The number of carboxylic acid groups (broad SMARTS) is 1. The molecule has 0 fully saturated rings. The van der Waals surface area contributed by atoms with Crippen molar-refractivity contribution in [2.45, 2.75) is 11.8 Å². The van der Waals surface area contributed by atoms with E-state index in [9.17, 15) is 13.2 Å². The van der Waals surface area contributed by atoms with E-state index < -0.39 is 16.0 Å². The molecule has 1 rings (SSSR count). The molecule has 8 heteroatoms. The highest BCUT2D eigenvalue weighted by molar-refractivity contribution is 9.10. The summed E-state index contributed by atoms with van der Waals surface area (Å²) in [5.41, 5.74) is 0.389. The Bertz CT molecular complexity index is 615. The van der Waals surface area contributed by atoms with Crippen molar-refractivity contribution < 1.29 is 23.1 Å². The maximum absolute atomic E-state index is 12.4. The fraction of sp³-hybridized carbons (Fsp3) is 0.417. The van der Waals surface area contributed by atoms with Gasteiger partial charge in [-0.2, -0.15) is 4.31 Å². The minimum absolute atomic E-state index is 0.0251. The molecule has 20 heavy (non-hydrogen) atoms. The van der Waals surface area contributed by atoms with Gasteiger partial charge in [-0.15, -0.1) is 0 Å². The van der Waals surface area contributed by atoms with Crippen LogP contribution in [-0.4, -0.2) is 51.1 Å². The first kappa shape index (κ1) is 17.1. The van der Waals surface area contributed by atoms with E-state index in [4.69, 9.17) is 9.84 Å². The van der Waals surface area contributed by atoms with Gasteiger partial charge in [-0.1, -0.05) is 15.9 Å². The molecule has 1 aromatic carbocycles. The lowest BCUT2D eigenvalue weighted by Gasteiger charge is -2.19. The fourth-order valence-electron chi connectivity index (χ4n) is 1.55. The topological polar surface area (TPSA) is 83.9 Å². The number of likely N-dealkylation sites (N-methyl/N-ethyl adjacent to an activating group) is 1. The summed E-state index contributed by atoms with van der Waals surface area (Å²) in [7, 11) is -0.855. The number of carbonyl (C=O) groups is 1. The van der Waals surface area contributed by atoms with Crippen molar-refractivity contribution in [2.24, 2.45) is 0 Å². The first-order valence-corrected chi connectivity index (χ1v) is 7.93. The van der Waals surface area contributed by atoms with E-state index in [0.717, 1.165) is 4.31 Å². The van der Waals surface area contributed by atoms with Crippen LogP contribution in [-0.2, 0) is 14.8 Å². The van der Waals surface area contributed by atoms with Gasteiger partial charge in [0.05, 0.1) is 17.1 Å². The van der Waals surface area contributed by atoms with E-state index in [1.165, 1.54) is 26.3 Å². The molecule has 0 radical (unpaired) electrons. The van der Waals surface area contributed by atoms with Gasteiger partial charge >= 0.3 is 5.97 Å². The number of aromatic carboxylic acids is 1. The van der Waals surface area contributed by atoms with E-state index in [2.05, 4.69) is 15.9 Å². The van der Waals surface area contributed by atoms with Gasteiger partial charge < -0.3 is 9.84 Å². The second-order valence-corrected chi connectivity index (χ2v) is 7.07. The molecular formula is C12H16BrNO5S. The second kappa shape index (κ2) is 6.66. The van der Waals surface area contributed by atoms with Gasteiger partial charge in [0, 0.05) is 25.2 Å². The molecule has 1 aromatic rings. The van der Waals surface area contributed by atoms with Crippen LogP contribution in [0.5, 0.6) is 0 Å². The minimum atomic E-state index is -3.76. The number of hydrogen-bond acceptors (Lipinski definition) is 4. The first-order valence-electron chi connectivity index (χ1n) is 5.70. The van der Waals surface area contributed by atoms with Crippen LogP contribution in [0, 0.1) is 6.92 Å². The lowest BCUT2D eigenvalue weighted by atomic mass is 10.1. The molecule has 112 valence electrons. The molecule has 0 aliphatic carbocycles. The Morgan fingerprint density at radius 1 is 1.45 bits per heavy atom. The number of carboxylic acids is 1. The maximum Gasteiger partial charge on any atom is 0.335 e. The molecule has 1 N–H and O–H groups in total. The number of rotatable bonds is 6. The predicted molar refractivity (Wildman–Crippen MR) is 77.5 cm³/mol. The van der Waals surface area contributed by atoms with Crippen LogP contribution in [0.25, 0.3) is 0 Å². The summed E-state index contributed by atoms with van der Waals surface area (Å²) in [6.07, 6.45) is 0. The van der Waals surface area contributed by atoms with Crippen molar-refractivity contribution in [1.29, 1.82) is 0 Å². The van der Waals surface area contributed by atoms with Gasteiger partial charge in [0.25, 0.3) is 0 Å². The van der Waals surface area contributed by atoms with Gasteiger partial charge in [-0.25, -0.2) is 13.2 Å². The van der Waals surface area contributed by atoms with Gasteiger partial charge in [0.2, 0.25) is 10.0 Å². The van der Waals surface area contributed by atoms with Gasteiger partial charge in [0.15, 0.2) is 0 Å². The highest BCUT2D eigenvalue weighted by Crippen LogP contribution is 2.27. The van der Waals surface area contributed by atoms with Crippen molar-refractivity contribution >= 4 is 31.9 Å². The largest absolute Gasteiger partial charge is 0.478 e. The number of methoxy groups -OCH3 is 1. The molecule has 0 heterocycles. The highest BCUT2D eigenvalue weighted by atomic mass is 79.9. The lowest BCUT2D eigenvalue weighted by Crippen LogP contribution is -2.30. The quantitative estimate of drug-likeness (QED) is 0.829. The normalized spacial score (nSPS) is 11.8. The van der Waals surface area contributed by atoms with Crippen LogP contribution < -0.4 is 0 Å². The third-order valence-electron chi connectivity index (χ3n) is 2.84. The number of hydrogen-bond donors (Lipinski definition) is 1. The van der Waals surface area contributed by atoms with Gasteiger partial charge in [0.1, 0.15) is 0 Å². The number of nitrogens with zero attached hydrogens (tertiary/aromatic N) is 1. The Kier molecular flexibility index (Phi) is 5.69. The number of ether oxygens (including phenoxy) is 1. The van der Waals surface area contributed by atoms with Gasteiger partial charge in [-0.05, 0) is 24.6 Å². The van der Waals surface area contributed by atoms with Crippen molar-refractivity contribution in [3.63, 3.8) is 0 Å².